The molecule has 1 saturated heterocycles. The van der Waals surface area contributed by atoms with E-state index in [4.69, 9.17) is 0 Å². The number of amides is 1. The summed E-state index contributed by atoms with van der Waals surface area (Å²) in [6, 6.07) is 14.3. The van der Waals surface area contributed by atoms with Crippen LogP contribution in [0.1, 0.15) is 34.0 Å². The van der Waals surface area contributed by atoms with Crippen molar-refractivity contribution in [2.45, 2.75) is 33.2 Å². The molecule has 3 aromatic rings. The van der Waals surface area contributed by atoms with Crippen LogP contribution in [-0.2, 0) is 11.2 Å². The zero-order valence-corrected chi connectivity index (χ0v) is 17.9. The van der Waals surface area contributed by atoms with Crippen LogP contribution in [0.4, 0.5) is 0 Å². The Hall–Kier alpha value is -2.92. The molecule has 1 atom stereocenters. The van der Waals surface area contributed by atoms with Crippen molar-refractivity contribution in [2.75, 3.05) is 26.2 Å². The van der Waals surface area contributed by atoms with Crippen molar-refractivity contribution < 1.29 is 9.59 Å². The maximum absolute atomic E-state index is 13.5. The number of hydrogen-bond acceptors (Lipinski definition) is 3. The molecule has 0 radical (unpaired) electrons. The van der Waals surface area contributed by atoms with Gasteiger partial charge in [0.25, 0.3) is 5.91 Å². The van der Waals surface area contributed by atoms with Gasteiger partial charge < -0.3 is 9.88 Å². The predicted molar refractivity (Wildman–Crippen MR) is 120 cm³/mol. The number of carbonyl (C=O) groups excluding carboxylic acids is 2. The van der Waals surface area contributed by atoms with Gasteiger partial charge in [0.1, 0.15) is 5.78 Å². The summed E-state index contributed by atoms with van der Waals surface area (Å²) in [5.41, 5.74) is 5.26. The molecular formula is C25H29N3O2. The number of piperazine rings is 1. The highest BCUT2D eigenvalue weighted by atomic mass is 16.2. The normalized spacial score (nSPS) is 17.4. The van der Waals surface area contributed by atoms with Crippen molar-refractivity contribution in [3.05, 3.63) is 70.9 Å². The average molecular weight is 404 g/mol. The van der Waals surface area contributed by atoms with Gasteiger partial charge in [-0.05, 0) is 51.0 Å². The lowest BCUT2D eigenvalue weighted by atomic mass is 9.99. The average Bonchev–Trinajstić information content (AvgIpc) is 3.09. The van der Waals surface area contributed by atoms with E-state index in [2.05, 4.69) is 28.1 Å². The maximum atomic E-state index is 13.5. The summed E-state index contributed by atoms with van der Waals surface area (Å²) < 4.78 is 0. The first-order chi connectivity index (χ1) is 14.4. The summed E-state index contributed by atoms with van der Waals surface area (Å²) in [5.74, 6) is 0.240. The predicted octanol–water partition coefficient (Wildman–Crippen LogP) is 3.74. The van der Waals surface area contributed by atoms with Gasteiger partial charge in [-0.2, -0.15) is 0 Å². The van der Waals surface area contributed by atoms with Crippen LogP contribution in [0.25, 0.3) is 10.9 Å². The van der Waals surface area contributed by atoms with E-state index in [0.717, 1.165) is 35.2 Å². The summed E-state index contributed by atoms with van der Waals surface area (Å²) >= 11 is 0. The minimum absolute atomic E-state index is 0.0191. The first-order valence-corrected chi connectivity index (χ1v) is 10.6. The number of aromatic amines is 1. The molecule has 1 aliphatic rings. The van der Waals surface area contributed by atoms with E-state index in [-0.39, 0.29) is 17.7 Å². The van der Waals surface area contributed by atoms with E-state index in [1.807, 2.05) is 49.2 Å². The number of nitrogens with zero attached hydrogens (tertiary/aromatic N) is 2. The molecule has 1 aromatic heterocycles. The number of hydrogen-bond donors (Lipinski definition) is 1. The molecule has 30 heavy (non-hydrogen) atoms. The van der Waals surface area contributed by atoms with Crippen LogP contribution < -0.4 is 0 Å². The van der Waals surface area contributed by atoms with Crippen LogP contribution in [0.5, 0.6) is 0 Å². The minimum Gasteiger partial charge on any atom is -0.361 e. The van der Waals surface area contributed by atoms with Gasteiger partial charge in [0.15, 0.2) is 0 Å². The number of carbonyl (C=O) groups is 2. The Bertz CT molecular complexity index is 1060. The van der Waals surface area contributed by atoms with Crippen molar-refractivity contribution in [3.63, 3.8) is 0 Å². The van der Waals surface area contributed by atoms with Crippen molar-refractivity contribution in [1.82, 2.24) is 14.8 Å². The minimum atomic E-state index is 0.0191. The molecule has 1 amide bonds. The smallest absolute Gasteiger partial charge is 0.254 e. The van der Waals surface area contributed by atoms with Gasteiger partial charge in [0.05, 0.1) is 6.54 Å². The Balaban J connectivity index is 1.63. The Labute approximate surface area is 177 Å². The fourth-order valence-corrected chi connectivity index (χ4v) is 4.64. The largest absolute Gasteiger partial charge is 0.361 e. The third-order valence-electron chi connectivity index (χ3n) is 5.87. The maximum Gasteiger partial charge on any atom is 0.254 e. The number of benzene rings is 2. The molecule has 2 aromatic carbocycles. The number of aryl methyl sites for hydroxylation is 2. The molecule has 0 saturated carbocycles. The Morgan fingerprint density at radius 3 is 2.53 bits per heavy atom. The van der Waals surface area contributed by atoms with E-state index in [1.165, 1.54) is 10.9 Å². The van der Waals surface area contributed by atoms with Gasteiger partial charge in [-0.3, -0.25) is 14.5 Å². The molecule has 0 aliphatic carbocycles. The van der Waals surface area contributed by atoms with Gasteiger partial charge in [-0.15, -0.1) is 0 Å². The number of aromatic nitrogens is 1. The molecule has 156 valence electrons. The Morgan fingerprint density at radius 1 is 1.07 bits per heavy atom. The first kappa shape index (κ1) is 20.4. The van der Waals surface area contributed by atoms with E-state index >= 15 is 0 Å². The zero-order valence-electron chi connectivity index (χ0n) is 17.9. The van der Waals surface area contributed by atoms with Gasteiger partial charge in [0.2, 0.25) is 0 Å². The molecule has 0 bridgehead atoms. The van der Waals surface area contributed by atoms with E-state index in [1.54, 1.807) is 6.92 Å². The van der Waals surface area contributed by atoms with Crippen molar-refractivity contribution >= 4 is 22.6 Å². The third kappa shape index (κ3) is 4.31. The third-order valence-corrected chi connectivity index (χ3v) is 5.87. The van der Waals surface area contributed by atoms with E-state index < -0.39 is 0 Å². The van der Waals surface area contributed by atoms with Crippen molar-refractivity contribution in [2.24, 2.45) is 0 Å². The highest BCUT2D eigenvalue weighted by molar-refractivity contribution is 5.95. The summed E-state index contributed by atoms with van der Waals surface area (Å²) in [5, 5.41) is 1.19. The molecule has 4 rings (SSSR count). The fourth-order valence-electron chi connectivity index (χ4n) is 4.64. The Morgan fingerprint density at radius 2 is 1.80 bits per heavy atom. The Kier molecular flexibility index (Phi) is 5.73. The van der Waals surface area contributed by atoms with Gasteiger partial charge >= 0.3 is 0 Å². The summed E-state index contributed by atoms with van der Waals surface area (Å²) in [7, 11) is 0. The van der Waals surface area contributed by atoms with Crippen LogP contribution in [0.3, 0.4) is 0 Å². The lowest BCUT2D eigenvalue weighted by molar-refractivity contribution is -0.118. The van der Waals surface area contributed by atoms with Gasteiger partial charge in [-0.1, -0.05) is 35.4 Å². The van der Waals surface area contributed by atoms with Crippen LogP contribution in [0, 0.1) is 13.8 Å². The number of rotatable bonds is 5. The highest BCUT2D eigenvalue weighted by Crippen LogP contribution is 2.24. The quantitative estimate of drug-likeness (QED) is 0.706. The van der Waals surface area contributed by atoms with E-state index in [9.17, 15) is 9.59 Å². The standard InChI is InChI=1S/C25H29N3O2/c1-17-10-18(2)12-20(11-17)25(30)28-9-8-27(15-19(3)29)16-22(28)13-21-14-26-24-7-5-4-6-23(21)24/h4-7,10-12,14,22,26H,8-9,13,15-16H2,1-3H3/t22-/m1/s1. The number of nitrogens with one attached hydrogen (secondary N) is 1. The molecule has 5 nitrogen and oxygen atoms in total. The van der Waals surface area contributed by atoms with Crippen LogP contribution >= 0.6 is 0 Å². The number of ketones is 1. The second-order valence-electron chi connectivity index (χ2n) is 8.53. The van der Waals surface area contributed by atoms with Crippen LogP contribution in [-0.4, -0.2) is 58.7 Å². The highest BCUT2D eigenvalue weighted by Gasteiger charge is 2.32. The lowest BCUT2D eigenvalue weighted by Crippen LogP contribution is -2.56. The SMILES string of the molecule is CC(=O)CN1CCN(C(=O)c2cc(C)cc(C)c2)[C@H](Cc2c[nH]c3ccccc23)C1. The monoisotopic (exact) mass is 403 g/mol. The fraction of sp³-hybridized carbons (Fsp3) is 0.360. The van der Waals surface area contributed by atoms with Gasteiger partial charge in [-0.25, -0.2) is 0 Å². The molecule has 1 aliphatic heterocycles. The number of fused-ring (bicyclic) bond motifs is 1. The van der Waals surface area contributed by atoms with E-state index in [0.29, 0.717) is 19.6 Å². The topological polar surface area (TPSA) is 56.4 Å². The molecule has 1 N–H and O–H groups in total. The second-order valence-corrected chi connectivity index (χ2v) is 8.53. The molecular weight excluding hydrogens is 374 g/mol. The van der Waals surface area contributed by atoms with Gasteiger partial charge in [0, 0.05) is 48.3 Å². The zero-order chi connectivity index (χ0) is 21.3. The molecule has 5 heteroatoms. The number of Topliss-reactive ketones (excluding diaryl/α,β-unsaturated/α-hetero) is 1. The van der Waals surface area contributed by atoms with Crippen LogP contribution in [0.15, 0.2) is 48.7 Å². The lowest BCUT2D eigenvalue weighted by Gasteiger charge is -2.41. The molecule has 1 fully saturated rings. The molecule has 0 unspecified atom stereocenters. The second kappa shape index (κ2) is 8.44. The number of para-hydroxylation sites is 1. The van der Waals surface area contributed by atoms with Crippen molar-refractivity contribution in [3.8, 4) is 0 Å². The molecule has 2 heterocycles. The summed E-state index contributed by atoms with van der Waals surface area (Å²) in [6.07, 6.45) is 2.81. The summed E-state index contributed by atoms with van der Waals surface area (Å²) in [6.45, 7) is 8.18. The van der Waals surface area contributed by atoms with Crippen LogP contribution in [0.2, 0.25) is 0 Å². The molecule has 0 spiro atoms. The van der Waals surface area contributed by atoms with Crippen molar-refractivity contribution in [1.29, 1.82) is 0 Å². The summed E-state index contributed by atoms with van der Waals surface area (Å²) in [4.78, 5) is 32.7. The number of H-pyrrole nitrogens is 1. The first-order valence-electron chi connectivity index (χ1n) is 10.6.